The summed E-state index contributed by atoms with van der Waals surface area (Å²) in [4.78, 5) is 30.3. The van der Waals surface area contributed by atoms with Crippen LogP contribution in [0.15, 0.2) is 44.6 Å². The lowest BCUT2D eigenvalue weighted by atomic mass is 9.54. The Hall–Kier alpha value is -2.48. The van der Waals surface area contributed by atoms with Crippen LogP contribution in [0.2, 0.25) is 0 Å². The fourth-order valence-corrected chi connectivity index (χ4v) is 8.35. The van der Waals surface area contributed by atoms with E-state index in [1.54, 1.807) is 0 Å². The second kappa shape index (κ2) is 10.6. The number of carbonyl (C=O) groups excluding carboxylic acids is 2. The van der Waals surface area contributed by atoms with Gasteiger partial charge in [0.2, 0.25) is 11.7 Å². The first-order valence-corrected chi connectivity index (χ1v) is 15.1. The molecule has 0 unspecified atom stereocenters. The van der Waals surface area contributed by atoms with Crippen molar-refractivity contribution >= 4 is 23.6 Å². The molecular weight excluding hydrogens is 498 g/mol. The number of carbonyl (C=O) groups is 2. The Morgan fingerprint density at radius 3 is 2.34 bits per heavy atom. The summed E-state index contributed by atoms with van der Waals surface area (Å²) in [6.07, 6.45) is 9.57. The lowest BCUT2D eigenvalue weighted by molar-refractivity contribution is -0.143. The summed E-state index contributed by atoms with van der Waals surface area (Å²) in [7, 11) is 0. The third-order valence-corrected chi connectivity index (χ3v) is 10.2. The smallest absolute Gasteiger partial charge is 0.291 e. The largest absolute Gasteiger partial charge is 0.474 e. The van der Waals surface area contributed by atoms with Gasteiger partial charge in [-0.2, -0.15) is 0 Å². The molecule has 8 heteroatoms. The van der Waals surface area contributed by atoms with E-state index in [1.165, 1.54) is 50.3 Å². The summed E-state index contributed by atoms with van der Waals surface area (Å²) >= 11 is 1.42. The Morgan fingerprint density at radius 1 is 1.03 bits per heavy atom. The number of rotatable bonds is 8. The Labute approximate surface area is 229 Å². The van der Waals surface area contributed by atoms with Gasteiger partial charge in [-0.25, -0.2) is 0 Å². The van der Waals surface area contributed by atoms with E-state index >= 15 is 0 Å². The fourth-order valence-electron chi connectivity index (χ4n) is 7.41. The normalized spacial score (nSPS) is 28.4. The average molecular weight is 538 g/mol. The van der Waals surface area contributed by atoms with Crippen LogP contribution in [-0.4, -0.2) is 47.6 Å². The highest BCUT2D eigenvalue weighted by molar-refractivity contribution is 7.99. The zero-order valence-corrected chi connectivity index (χ0v) is 23.3. The number of piperidine rings is 1. The van der Waals surface area contributed by atoms with Crippen LogP contribution in [0.5, 0.6) is 5.88 Å². The van der Waals surface area contributed by atoms with Crippen molar-refractivity contribution < 1.29 is 18.8 Å². The number of ether oxygens (including phenoxy) is 1. The zero-order chi connectivity index (χ0) is 26.3. The number of amides is 2. The van der Waals surface area contributed by atoms with Gasteiger partial charge in [0.05, 0.1) is 5.41 Å². The molecule has 4 aliphatic carbocycles. The van der Waals surface area contributed by atoms with Crippen LogP contribution in [0.4, 0.5) is 0 Å². The van der Waals surface area contributed by atoms with Crippen molar-refractivity contribution in [2.45, 2.75) is 81.0 Å². The summed E-state index contributed by atoms with van der Waals surface area (Å²) in [5.41, 5.74) is -0.715. The standard InChI is InChI=1S/C30H39N3O4S/c1-30(2,29(35)33-11-7-4-8-12-33)18-36-28-26(38-23-9-5-3-6-10-23)25(37-32-28)27(34)31-24-21-14-19-13-20(16-21)17-22(24)15-19/h3,5-6,9-10,19-22,24H,4,7-8,11-18H2,1-2H3,(H,31,34). The Bertz CT molecular complexity index is 1130. The summed E-state index contributed by atoms with van der Waals surface area (Å²) in [6.45, 7) is 5.59. The van der Waals surface area contributed by atoms with Gasteiger partial charge in [-0.3, -0.25) is 9.59 Å². The number of hydrogen-bond donors (Lipinski definition) is 1. The van der Waals surface area contributed by atoms with Gasteiger partial charge >= 0.3 is 0 Å². The summed E-state index contributed by atoms with van der Waals surface area (Å²) in [6, 6.07) is 10.1. The molecule has 2 aromatic rings. The second-order valence-corrected chi connectivity index (χ2v) is 13.6. The Balaban J connectivity index is 1.19. The minimum absolute atomic E-state index is 0.0952. The first-order valence-electron chi connectivity index (χ1n) is 14.3. The topological polar surface area (TPSA) is 84.7 Å². The molecule has 5 fully saturated rings. The third-order valence-electron chi connectivity index (χ3n) is 9.11. The highest BCUT2D eigenvalue weighted by Gasteiger charge is 2.49. The van der Waals surface area contributed by atoms with Crippen molar-refractivity contribution in [1.82, 2.24) is 15.4 Å². The highest BCUT2D eigenvalue weighted by atomic mass is 32.2. The second-order valence-electron chi connectivity index (χ2n) is 12.5. The van der Waals surface area contributed by atoms with Gasteiger partial charge in [0.25, 0.3) is 11.8 Å². The quantitative estimate of drug-likeness (QED) is 0.458. The molecule has 0 radical (unpaired) electrons. The maximum absolute atomic E-state index is 13.6. The zero-order valence-electron chi connectivity index (χ0n) is 22.5. The highest BCUT2D eigenvalue weighted by Crippen LogP contribution is 2.53. The fraction of sp³-hybridized carbons (Fsp3) is 0.633. The number of nitrogens with zero attached hydrogens (tertiary/aromatic N) is 2. The molecule has 1 aliphatic heterocycles. The van der Waals surface area contributed by atoms with E-state index in [2.05, 4.69) is 10.5 Å². The molecule has 7 nitrogen and oxygen atoms in total. The van der Waals surface area contributed by atoms with Crippen LogP contribution in [0.1, 0.15) is 75.8 Å². The first kappa shape index (κ1) is 25.8. The predicted molar refractivity (Wildman–Crippen MR) is 145 cm³/mol. The molecule has 1 aromatic carbocycles. The van der Waals surface area contributed by atoms with Gasteiger partial charge in [0.1, 0.15) is 11.5 Å². The number of likely N-dealkylation sites (tertiary alicyclic amines) is 1. The number of aromatic nitrogens is 1. The van der Waals surface area contributed by atoms with E-state index in [-0.39, 0.29) is 36.1 Å². The lowest BCUT2D eigenvalue weighted by Gasteiger charge is -2.54. The minimum atomic E-state index is -0.715. The van der Waals surface area contributed by atoms with Crippen LogP contribution in [0.3, 0.4) is 0 Å². The van der Waals surface area contributed by atoms with E-state index in [9.17, 15) is 9.59 Å². The van der Waals surface area contributed by atoms with Crippen LogP contribution in [-0.2, 0) is 4.79 Å². The van der Waals surface area contributed by atoms with Gasteiger partial charge < -0.3 is 19.5 Å². The van der Waals surface area contributed by atoms with Gasteiger partial charge in [0.15, 0.2) is 0 Å². The van der Waals surface area contributed by atoms with Crippen molar-refractivity contribution in [3.63, 3.8) is 0 Å². The van der Waals surface area contributed by atoms with Crippen molar-refractivity contribution in [2.24, 2.45) is 29.1 Å². The summed E-state index contributed by atoms with van der Waals surface area (Å²) in [5, 5.41) is 7.54. The monoisotopic (exact) mass is 537 g/mol. The summed E-state index contributed by atoms with van der Waals surface area (Å²) in [5.74, 6) is 3.18. The van der Waals surface area contributed by atoms with Crippen LogP contribution >= 0.6 is 11.8 Å². The molecule has 0 atom stereocenters. The molecule has 1 saturated heterocycles. The van der Waals surface area contributed by atoms with E-state index in [1.807, 2.05) is 49.1 Å². The van der Waals surface area contributed by atoms with Crippen LogP contribution in [0.25, 0.3) is 0 Å². The van der Waals surface area contributed by atoms with Crippen molar-refractivity contribution in [1.29, 1.82) is 0 Å². The molecule has 0 spiro atoms. The van der Waals surface area contributed by atoms with E-state index in [0.29, 0.717) is 16.7 Å². The molecule has 2 heterocycles. The van der Waals surface area contributed by atoms with Crippen molar-refractivity contribution in [3.8, 4) is 5.88 Å². The third kappa shape index (κ3) is 5.21. The Kier molecular flexibility index (Phi) is 7.18. The van der Waals surface area contributed by atoms with Crippen molar-refractivity contribution in [3.05, 3.63) is 36.1 Å². The van der Waals surface area contributed by atoms with Crippen LogP contribution in [0, 0.1) is 29.1 Å². The number of benzene rings is 1. The van der Waals surface area contributed by atoms with Gasteiger partial charge in [0, 0.05) is 24.0 Å². The van der Waals surface area contributed by atoms with E-state index < -0.39 is 5.41 Å². The van der Waals surface area contributed by atoms with Gasteiger partial charge in [-0.05, 0) is 106 Å². The van der Waals surface area contributed by atoms with Crippen LogP contribution < -0.4 is 10.1 Å². The number of hydrogen-bond acceptors (Lipinski definition) is 6. The molecule has 1 aromatic heterocycles. The maximum atomic E-state index is 13.6. The average Bonchev–Trinajstić information content (AvgIpc) is 3.32. The molecule has 1 N–H and O–H groups in total. The van der Waals surface area contributed by atoms with E-state index in [0.717, 1.165) is 42.7 Å². The molecule has 204 valence electrons. The molecule has 7 rings (SSSR count). The van der Waals surface area contributed by atoms with Gasteiger partial charge in [-0.15, -0.1) is 0 Å². The lowest BCUT2D eigenvalue weighted by Crippen LogP contribution is -2.55. The molecule has 4 bridgehead atoms. The van der Waals surface area contributed by atoms with Crippen molar-refractivity contribution in [2.75, 3.05) is 19.7 Å². The molecule has 38 heavy (non-hydrogen) atoms. The minimum Gasteiger partial charge on any atom is -0.474 e. The molecule has 2 amide bonds. The van der Waals surface area contributed by atoms with E-state index in [4.69, 9.17) is 9.26 Å². The predicted octanol–water partition coefficient (Wildman–Crippen LogP) is 5.80. The molecule has 5 aliphatic rings. The number of nitrogens with one attached hydrogen (secondary N) is 1. The first-order chi connectivity index (χ1) is 18.4. The van der Waals surface area contributed by atoms with Gasteiger partial charge in [-0.1, -0.05) is 30.0 Å². The maximum Gasteiger partial charge on any atom is 0.291 e. The molecule has 4 saturated carbocycles. The SMILES string of the molecule is CC(C)(COc1noc(C(=O)NC2C3CC4CC(C3)CC2C4)c1Sc1ccccc1)C(=O)N1CCCCC1. The Morgan fingerprint density at radius 2 is 1.68 bits per heavy atom. The molecular formula is C30H39N3O4S. The summed E-state index contributed by atoms with van der Waals surface area (Å²) < 4.78 is 11.8.